The molecule has 0 radical (unpaired) electrons. The van der Waals surface area contributed by atoms with Crippen molar-refractivity contribution in [2.75, 3.05) is 0 Å². The minimum absolute atomic E-state index is 0.219. The molecule has 0 bridgehead atoms. The number of nitrogens with zero attached hydrogens (tertiary/aromatic N) is 2. The number of phenols is 1. The summed E-state index contributed by atoms with van der Waals surface area (Å²) >= 11 is 0. The molecule has 2 aromatic rings. The van der Waals surface area contributed by atoms with E-state index in [1.54, 1.807) is 25.1 Å². The molecule has 0 atom stereocenters. The summed E-state index contributed by atoms with van der Waals surface area (Å²) in [6, 6.07) is 7.37. The monoisotopic (exact) mass is 326 g/mol. The van der Waals surface area contributed by atoms with E-state index in [1.165, 1.54) is 19.3 Å². The van der Waals surface area contributed by atoms with Crippen molar-refractivity contribution in [3.8, 4) is 17.1 Å². The number of aliphatic carboxylic acids is 1. The SMILES string of the molecule is CC(=Cc1cn(C2CCCCC2)c(-c2ccc(O)cc2)n1)C(=O)O. The Labute approximate surface area is 141 Å². The van der Waals surface area contributed by atoms with Crippen LogP contribution in [0, 0.1) is 0 Å². The first-order valence-corrected chi connectivity index (χ1v) is 8.34. The smallest absolute Gasteiger partial charge is 0.331 e. The Balaban J connectivity index is 2.03. The van der Waals surface area contributed by atoms with E-state index in [0.29, 0.717) is 11.7 Å². The van der Waals surface area contributed by atoms with Crippen LogP contribution in [0.5, 0.6) is 5.75 Å². The van der Waals surface area contributed by atoms with Gasteiger partial charge in [0.25, 0.3) is 0 Å². The zero-order chi connectivity index (χ0) is 17.1. The molecular weight excluding hydrogens is 304 g/mol. The van der Waals surface area contributed by atoms with E-state index in [-0.39, 0.29) is 11.3 Å². The quantitative estimate of drug-likeness (QED) is 0.824. The van der Waals surface area contributed by atoms with Crippen LogP contribution < -0.4 is 0 Å². The molecule has 0 saturated heterocycles. The third kappa shape index (κ3) is 3.50. The van der Waals surface area contributed by atoms with Crippen molar-refractivity contribution < 1.29 is 15.0 Å². The number of hydrogen-bond donors (Lipinski definition) is 2. The topological polar surface area (TPSA) is 75.3 Å². The number of benzene rings is 1. The largest absolute Gasteiger partial charge is 0.508 e. The van der Waals surface area contributed by atoms with Gasteiger partial charge in [-0.3, -0.25) is 0 Å². The van der Waals surface area contributed by atoms with Gasteiger partial charge in [0.15, 0.2) is 0 Å². The van der Waals surface area contributed by atoms with Crippen LogP contribution in [0.1, 0.15) is 50.8 Å². The highest BCUT2D eigenvalue weighted by atomic mass is 16.4. The van der Waals surface area contributed by atoms with Gasteiger partial charge in [-0.2, -0.15) is 0 Å². The predicted octanol–water partition coefficient (Wildman–Crippen LogP) is 4.25. The molecule has 5 nitrogen and oxygen atoms in total. The summed E-state index contributed by atoms with van der Waals surface area (Å²) in [5.74, 6) is 0.108. The molecule has 0 spiro atoms. The molecule has 3 rings (SSSR count). The third-order valence-electron chi connectivity index (χ3n) is 4.55. The van der Waals surface area contributed by atoms with Gasteiger partial charge >= 0.3 is 5.97 Å². The minimum atomic E-state index is -0.937. The highest BCUT2D eigenvalue weighted by molar-refractivity contribution is 5.91. The van der Waals surface area contributed by atoms with Crippen molar-refractivity contribution in [2.45, 2.75) is 45.1 Å². The van der Waals surface area contributed by atoms with Crippen LogP contribution in [0.2, 0.25) is 0 Å². The number of carbonyl (C=O) groups is 1. The average Bonchev–Trinajstić information content (AvgIpc) is 3.00. The molecule has 1 fully saturated rings. The normalized spacial score (nSPS) is 16.3. The van der Waals surface area contributed by atoms with Gasteiger partial charge in [-0.1, -0.05) is 19.3 Å². The lowest BCUT2D eigenvalue weighted by molar-refractivity contribution is -0.132. The number of imidazole rings is 1. The lowest BCUT2D eigenvalue weighted by Crippen LogP contribution is -2.13. The first kappa shape index (κ1) is 16.3. The molecule has 126 valence electrons. The van der Waals surface area contributed by atoms with E-state index >= 15 is 0 Å². The maximum atomic E-state index is 11.1. The Kier molecular flexibility index (Phi) is 4.69. The van der Waals surface area contributed by atoms with Crippen molar-refractivity contribution in [1.29, 1.82) is 0 Å². The summed E-state index contributed by atoms with van der Waals surface area (Å²) in [5.41, 5.74) is 1.84. The predicted molar refractivity (Wildman–Crippen MR) is 92.7 cm³/mol. The highest BCUT2D eigenvalue weighted by Gasteiger charge is 2.20. The van der Waals surface area contributed by atoms with Gasteiger partial charge in [0.2, 0.25) is 0 Å². The lowest BCUT2D eigenvalue weighted by Gasteiger charge is -2.24. The Morgan fingerprint density at radius 2 is 1.88 bits per heavy atom. The van der Waals surface area contributed by atoms with E-state index in [2.05, 4.69) is 9.55 Å². The summed E-state index contributed by atoms with van der Waals surface area (Å²) in [6.07, 6.45) is 9.46. The Bertz CT molecular complexity index is 753. The Morgan fingerprint density at radius 1 is 1.21 bits per heavy atom. The van der Waals surface area contributed by atoms with Gasteiger partial charge in [0.1, 0.15) is 11.6 Å². The van der Waals surface area contributed by atoms with Crippen LogP contribution in [-0.2, 0) is 4.79 Å². The third-order valence-corrected chi connectivity index (χ3v) is 4.55. The molecule has 24 heavy (non-hydrogen) atoms. The first-order valence-electron chi connectivity index (χ1n) is 8.34. The second-order valence-corrected chi connectivity index (χ2v) is 6.37. The Hall–Kier alpha value is -2.56. The molecule has 5 heteroatoms. The summed E-state index contributed by atoms with van der Waals surface area (Å²) in [7, 11) is 0. The molecule has 1 heterocycles. The number of carboxylic acid groups (broad SMARTS) is 1. The summed E-state index contributed by atoms with van der Waals surface area (Å²) < 4.78 is 2.17. The maximum absolute atomic E-state index is 11.1. The standard InChI is InChI=1S/C19H22N2O3/c1-13(19(23)24)11-15-12-21(16-5-3-2-4-6-16)18(20-15)14-7-9-17(22)10-8-14/h7-12,16,22H,2-6H2,1H3,(H,23,24). The van der Waals surface area contributed by atoms with Crippen molar-refractivity contribution >= 4 is 12.0 Å². The van der Waals surface area contributed by atoms with Crippen LogP contribution in [0.3, 0.4) is 0 Å². The molecular formula is C19H22N2O3. The molecule has 0 aliphatic heterocycles. The second kappa shape index (κ2) is 6.91. The molecule has 1 aromatic carbocycles. The lowest BCUT2D eigenvalue weighted by atomic mass is 9.95. The number of phenolic OH excluding ortho intramolecular Hbond substituents is 1. The van der Waals surface area contributed by atoms with Gasteiger partial charge in [-0.15, -0.1) is 0 Å². The fraction of sp³-hybridized carbons (Fsp3) is 0.368. The van der Waals surface area contributed by atoms with Crippen LogP contribution in [0.25, 0.3) is 17.5 Å². The van der Waals surface area contributed by atoms with Gasteiger partial charge in [-0.25, -0.2) is 9.78 Å². The molecule has 0 amide bonds. The van der Waals surface area contributed by atoms with Crippen LogP contribution in [0.4, 0.5) is 0 Å². The van der Waals surface area contributed by atoms with Crippen LogP contribution in [0.15, 0.2) is 36.0 Å². The zero-order valence-electron chi connectivity index (χ0n) is 13.8. The second-order valence-electron chi connectivity index (χ2n) is 6.37. The fourth-order valence-electron chi connectivity index (χ4n) is 3.23. The van der Waals surface area contributed by atoms with E-state index in [9.17, 15) is 9.90 Å². The van der Waals surface area contributed by atoms with Gasteiger partial charge in [0.05, 0.1) is 5.69 Å². The minimum Gasteiger partial charge on any atom is -0.508 e. The van der Waals surface area contributed by atoms with Gasteiger partial charge < -0.3 is 14.8 Å². The number of rotatable bonds is 4. The maximum Gasteiger partial charge on any atom is 0.331 e. The average molecular weight is 326 g/mol. The van der Waals surface area contributed by atoms with Crippen molar-refractivity contribution in [2.24, 2.45) is 0 Å². The van der Waals surface area contributed by atoms with E-state index in [4.69, 9.17) is 5.11 Å². The van der Waals surface area contributed by atoms with E-state index in [1.807, 2.05) is 18.3 Å². The van der Waals surface area contributed by atoms with Gasteiger partial charge in [-0.05, 0) is 50.1 Å². The zero-order valence-corrected chi connectivity index (χ0v) is 13.8. The summed E-state index contributed by atoms with van der Waals surface area (Å²) in [5, 5.41) is 18.6. The number of aromatic nitrogens is 2. The van der Waals surface area contributed by atoms with Crippen molar-refractivity contribution in [1.82, 2.24) is 9.55 Å². The van der Waals surface area contributed by atoms with Crippen molar-refractivity contribution in [3.05, 3.63) is 41.7 Å². The van der Waals surface area contributed by atoms with Crippen LogP contribution in [-0.4, -0.2) is 25.7 Å². The molecule has 0 unspecified atom stereocenters. The molecule has 1 saturated carbocycles. The summed E-state index contributed by atoms with van der Waals surface area (Å²) in [6.45, 7) is 1.57. The van der Waals surface area contributed by atoms with Gasteiger partial charge in [0, 0.05) is 23.4 Å². The first-order chi connectivity index (χ1) is 11.5. The Morgan fingerprint density at radius 3 is 2.50 bits per heavy atom. The van der Waals surface area contributed by atoms with E-state index < -0.39 is 5.97 Å². The number of hydrogen-bond acceptors (Lipinski definition) is 3. The number of aromatic hydroxyl groups is 1. The highest BCUT2D eigenvalue weighted by Crippen LogP contribution is 2.33. The van der Waals surface area contributed by atoms with E-state index in [0.717, 1.165) is 24.2 Å². The van der Waals surface area contributed by atoms with Crippen LogP contribution >= 0.6 is 0 Å². The fourth-order valence-corrected chi connectivity index (χ4v) is 3.23. The number of carboxylic acids is 1. The molecule has 1 aromatic heterocycles. The summed E-state index contributed by atoms with van der Waals surface area (Å²) in [4.78, 5) is 15.7. The molecule has 1 aliphatic rings. The van der Waals surface area contributed by atoms with Crippen molar-refractivity contribution in [3.63, 3.8) is 0 Å². The molecule has 2 N–H and O–H groups in total. The molecule has 1 aliphatic carbocycles.